The van der Waals surface area contributed by atoms with E-state index in [2.05, 4.69) is 23.2 Å². The summed E-state index contributed by atoms with van der Waals surface area (Å²) in [7, 11) is 0. The minimum absolute atomic E-state index is 0.622. The van der Waals surface area contributed by atoms with Gasteiger partial charge in [-0.15, -0.1) is 0 Å². The number of hydrogen-bond acceptors (Lipinski definition) is 2. The average molecular weight is 223 g/mol. The molecule has 1 aliphatic carbocycles. The van der Waals surface area contributed by atoms with Gasteiger partial charge in [-0.3, -0.25) is 4.99 Å². The Labute approximate surface area is 101 Å². The van der Waals surface area contributed by atoms with Crippen molar-refractivity contribution >= 4 is 5.71 Å². The van der Waals surface area contributed by atoms with Gasteiger partial charge in [0.1, 0.15) is 12.4 Å². The molecule has 2 heteroatoms. The minimum atomic E-state index is 0.622. The Balaban J connectivity index is 1.64. The zero-order chi connectivity index (χ0) is 11.5. The molecule has 1 heterocycles. The highest BCUT2D eigenvalue weighted by Gasteiger charge is 2.15. The highest BCUT2D eigenvalue weighted by Crippen LogP contribution is 2.22. The van der Waals surface area contributed by atoms with Crippen LogP contribution in [-0.4, -0.2) is 5.71 Å². The van der Waals surface area contributed by atoms with E-state index in [0.29, 0.717) is 6.61 Å². The summed E-state index contributed by atoms with van der Waals surface area (Å²) in [4.78, 5) is 4.31. The van der Waals surface area contributed by atoms with Gasteiger partial charge in [0.2, 0.25) is 0 Å². The van der Waals surface area contributed by atoms with Gasteiger partial charge >= 0.3 is 0 Å². The first kappa shape index (κ1) is 10.1. The van der Waals surface area contributed by atoms with Crippen LogP contribution in [0.25, 0.3) is 0 Å². The normalized spacial score (nSPS) is 17.1. The Morgan fingerprint density at radius 2 is 2.00 bits per heavy atom. The molecule has 0 unspecified atom stereocenters. The molecule has 0 amide bonds. The molecule has 0 saturated carbocycles. The molecule has 3 rings (SSSR count). The van der Waals surface area contributed by atoms with Gasteiger partial charge in [0.15, 0.2) is 0 Å². The topological polar surface area (TPSA) is 21.6 Å². The lowest BCUT2D eigenvalue weighted by Crippen LogP contribution is -2.06. The van der Waals surface area contributed by atoms with Crippen molar-refractivity contribution in [2.75, 3.05) is 0 Å². The maximum atomic E-state index is 5.79. The Hall–Kier alpha value is -2.09. The zero-order valence-corrected chi connectivity index (χ0v) is 9.47. The molecule has 1 aromatic rings. The van der Waals surface area contributed by atoms with Crippen molar-refractivity contribution in [1.29, 1.82) is 0 Å². The standard InChI is InChI=1S/C15H13NO/c1-2-4-12(5-3-1)11-17-14-7-6-13-8-9-16-15(13)10-14/h1-9H,10-11H2. The SMILES string of the molecule is C1=CC2=CC=C(OCc3ccccc3)CC2=N1. The van der Waals surface area contributed by atoms with Crippen molar-refractivity contribution < 1.29 is 4.74 Å². The van der Waals surface area contributed by atoms with E-state index in [4.69, 9.17) is 4.74 Å². The molecule has 0 bridgehead atoms. The van der Waals surface area contributed by atoms with Gasteiger partial charge in [0, 0.05) is 12.6 Å². The Morgan fingerprint density at radius 3 is 2.88 bits per heavy atom. The number of aliphatic imine (C=N–C) groups is 1. The Morgan fingerprint density at radius 1 is 1.12 bits per heavy atom. The van der Waals surface area contributed by atoms with Crippen LogP contribution in [0.2, 0.25) is 0 Å². The fourth-order valence-electron chi connectivity index (χ4n) is 1.93. The van der Waals surface area contributed by atoms with Gasteiger partial charge in [0.25, 0.3) is 0 Å². The highest BCUT2D eigenvalue weighted by molar-refractivity contribution is 6.06. The summed E-state index contributed by atoms with van der Waals surface area (Å²) in [6.45, 7) is 0.622. The van der Waals surface area contributed by atoms with E-state index in [0.717, 1.165) is 17.9 Å². The molecule has 0 aromatic heterocycles. The summed E-state index contributed by atoms with van der Waals surface area (Å²) < 4.78 is 5.79. The van der Waals surface area contributed by atoms with Crippen LogP contribution < -0.4 is 0 Å². The number of fused-ring (bicyclic) bond motifs is 1. The second-order valence-corrected chi connectivity index (χ2v) is 4.10. The predicted octanol–water partition coefficient (Wildman–Crippen LogP) is 3.39. The lowest BCUT2D eigenvalue weighted by Gasteiger charge is -2.14. The van der Waals surface area contributed by atoms with E-state index < -0.39 is 0 Å². The second-order valence-electron chi connectivity index (χ2n) is 4.10. The second kappa shape index (κ2) is 4.42. The van der Waals surface area contributed by atoms with Gasteiger partial charge in [0.05, 0.1) is 5.71 Å². The maximum absolute atomic E-state index is 5.79. The molecular weight excluding hydrogens is 210 g/mol. The van der Waals surface area contributed by atoms with Crippen molar-refractivity contribution in [3.8, 4) is 0 Å². The average Bonchev–Trinajstić information content (AvgIpc) is 2.85. The van der Waals surface area contributed by atoms with Crippen LogP contribution in [0.4, 0.5) is 0 Å². The van der Waals surface area contributed by atoms with Gasteiger partial charge in [-0.25, -0.2) is 0 Å². The highest BCUT2D eigenvalue weighted by atomic mass is 16.5. The number of nitrogens with zero attached hydrogens (tertiary/aromatic N) is 1. The third-order valence-corrected chi connectivity index (χ3v) is 2.88. The van der Waals surface area contributed by atoms with Crippen LogP contribution in [0.15, 0.2) is 71.1 Å². The molecule has 0 atom stereocenters. The van der Waals surface area contributed by atoms with Gasteiger partial charge in [-0.05, 0) is 29.4 Å². The molecule has 1 aliphatic heterocycles. The third kappa shape index (κ3) is 2.21. The summed E-state index contributed by atoms with van der Waals surface area (Å²) in [5.41, 5.74) is 3.50. The minimum Gasteiger partial charge on any atom is -0.493 e. The molecule has 0 radical (unpaired) electrons. The maximum Gasteiger partial charge on any atom is 0.113 e. The summed E-state index contributed by atoms with van der Waals surface area (Å²) in [5, 5.41) is 0. The Kier molecular flexibility index (Phi) is 2.62. The summed E-state index contributed by atoms with van der Waals surface area (Å²) in [5.74, 6) is 0.986. The lowest BCUT2D eigenvalue weighted by atomic mass is 10.0. The quantitative estimate of drug-likeness (QED) is 0.769. The fourth-order valence-corrected chi connectivity index (χ4v) is 1.93. The monoisotopic (exact) mass is 223 g/mol. The van der Waals surface area contributed by atoms with Crippen molar-refractivity contribution in [1.82, 2.24) is 0 Å². The van der Waals surface area contributed by atoms with E-state index in [9.17, 15) is 0 Å². The predicted molar refractivity (Wildman–Crippen MR) is 68.6 cm³/mol. The molecule has 1 aromatic carbocycles. The number of ether oxygens (including phenoxy) is 1. The summed E-state index contributed by atoms with van der Waals surface area (Å²) in [6, 6.07) is 10.2. The number of hydrogen-bond donors (Lipinski definition) is 0. The number of allylic oxidation sites excluding steroid dienone is 5. The third-order valence-electron chi connectivity index (χ3n) is 2.88. The number of benzene rings is 1. The first-order chi connectivity index (χ1) is 8.42. The van der Waals surface area contributed by atoms with Crippen LogP contribution in [0.5, 0.6) is 0 Å². The van der Waals surface area contributed by atoms with Crippen LogP contribution in [-0.2, 0) is 11.3 Å². The van der Waals surface area contributed by atoms with Crippen molar-refractivity contribution in [2.45, 2.75) is 13.0 Å². The molecule has 0 N–H and O–H groups in total. The fraction of sp³-hybridized carbons (Fsp3) is 0.133. The van der Waals surface area contributed by atoms with Crippen LogP contribution in [0, 0.1) is 0 Å². The van der Waals surface area contributed by atoms with E-state index in [1.54, 1.807) is 0 Å². The van der Waals surface area contributed by atoms with Crippen molar-refractivity contribution in [3.63, 3.8) is 0 Å². The first-order valence-electron chi connectivity index (χ1n) is 5.73. The zero-order valence-electron chi connectivity index (χ0n) is 9.47. The first-order valence-corrected chi connectivity index (χ1v) is 5.73. The molecule has 84 valence electrons. The van der Waals surface area contributed by atoms with Crippen molar-refractivity contribution in [2.24, 2.45) is 4.99 Å². The molecule has 2 aliphatic rings. The molecule has 0 spiro atoms. The molecule has 0 saturated heterocycles. The van der Waals surface area contributed by atoms with Gasteiger partial charge < -0.3 is 4.74 Å². The van der Waals surface area contributed by atoms with Gasteiger partial charge in [-0.2, -0.15) is 0 Å². The smallest absolute Gasteiger partial charge is 0.113 e. The number of rotatable bonds is 3. The lowest BCUT2D eigenvalue weighted by molar-refractivity contribution is 0.196. The van der Waals surface area contributed by atoms with E-state index in [1.807, 2.05) is 36.6 Å². The summed E-state index contributed by atoms with van der Waals surface area (Å²) in [6.07, 6.45) is 8.76. The van der Waals surface area contributed by atoms with E-state index >= 15 is 0 Å². The molecule has 17 heavy (non-hydrogen) atoms. The van der Waals surface area contributed by atoms with Crippen molar-refractivity contribution in [3.05, 3.63) is 71.7 Å². The van der Waals surface area contributed by atoms with E-state index in [1.165, 1.54) is 11.1 Å². The summed E-state index contributed by atoms with van der Waals surface area (Å²) >= 11 is 0. The van der Waals surface area contributed by atoms with E-state index in [-0.39, 0.29) is 0 Å². The van der Waals surface area contributed by atoms with Crippen LogP contribution in [0.1, 0.15) is 12.0 Å². The van der Waals surface area contributed by atoms with Crippen LogP contribution in [0.3, 0.4) is 0 Å². The Bertz CT molecular complexity index is 535. The molecule has 2 nitrogen and oxygen atoms in total. The van der Waals surface area contributed by atoms with Gasteiger partial charge in [-0.1, -0.05) is 30.3 Å². The van der Waals surface area contributed by atoms with Crippen LogP contribution >= 0.6 is 0 Å². The largest absolute Gasteiger partial charge is 0.493 e. The molecular formula is C15H13NO. The molecule has 0 fully saturated rings.